The largest absolute Gasteiger partial charge is 0.493 e. The van der Waals surface area contributed by atoms with E-state index in [1.807, 2.05) is 20.8 Å². The molecule has 2 N–H and O–H groups in total. The van der Waals surface area contributed by atoms with Crippen LogP contribution >= 0.6 is 11.6 Å². The number of aromatic nitrogens is 1. The number of ether oxygens (including phenoxy) is 2. The Labute approximate surface area is 247 Å². The van der Waals surface area contributed by atoms with E-state index in [9.17, 15) is 22.4 Å². The van der Waals surface area contributed by atoms with Crippen LogP contribution in [0.25, 0.3) is 11.3 Å². The van der Waals surface area contributed by atoms with Crippen molar-refractivity contribution in [3.63, 3.8) is 0 Å². The molecule has 4 rings (SSSR count). The van der Waals surface area contributed by atoms with Crippen molar-refractivity contribution < 1.29 is 31.8 Å². The highest BCUT2D eigenvalue weighted by Crippen LogP contribution is 2.42. The first-order chi connectivity index (χ1) is 19.7. The fourth-order valence-electron chi connectivity index (χ4n) is 4.49. The first kappa shape index (κ1) is 31.6. The molecule has 1 saturated carbocycles. The normalized spacial score (nSPS) is 15.2. The smallest absolute Gasteiger partial charge is 0.401 e. The van der Waals surface area contributed by atoms with Crippen molar-refractivity contribution in [3.8, 4) is 22.8 Å². The second kappa shape index (κ2) is 12.1. The molecule has 6 nitrogen and oxygen atoms in total. The van der Waals surface area contributed by atoms with Gasteiger partial charge in [-0.05, 0) is 94.3 Å². The number of nitrogens with one attached hydrogen (secondary N) is 2. The molecule has 1 unspecified atom stereocenters. The van der Waals surface area contributed by atoms with Crippen LogP contribution in [-0.4, -0.2) is 43.4 Å². The average Bonchev–Trinajstić information content (AvgIpc) is 3.76. The number of benzene rings is 2. The van der Waals surface area contributed by atoms with E-state index in [4.69, 9.17) is 21.1 Å². The Hall–Kier alpha value is -3.37. The SMILES string of the molecule is CCNC(C)(C)c1cc(-c2ccc(F)c(Cl)c2)nc(C(C)(CNC(=O)c2ccc(OC3CC3)c(OC)c2)C(F)(F)F)c1. The van der Waals surface area contributed by atoms with Crippen LogP contribution < -0.4 is 20.1 Å². The van der Waals surface area contributed by atoms with Crippen molar-refractivity contribution >= 4 is 17.5 Å². The number of carbonyl (C=O) groups is 1. The monoisotopic (exact) mass is 607 g/mol. The zero-order valence-corrected chi connectivity index (χ0v) is 24.8. The van der Waals surface area contributed by atoms with Gasteiger partial charge in [0.15, 0.2) is 11.5 Å². The van der Waals surface area contributed by atoms with Gasteiger partial charge in [0.1, 0.15) is 11.2 Å². The molecule has 1 aliphatic rings. The average molecular weight is 608 g/mol. The van der Waals surface area contributed by atoms with Gasteiger partial charge in [0, 0.05) is 23.2 Å². The van der Waals surface area contributed by atoms with E-state index in [1.54, 1.807) is 12.1 Å². The van der Waals surface area contributed by atoms with Gasteiger partial charge in [0.2, 0.25) is 0 Å². The van der Waals surface area contributed by atoms with Crippen LogP contribution in [0.3, 0.4) is 0 Å². The van der Waals surface area contributed by atoms with Crippen LogP contribution in [0.15, 0.2) is 48.5 Å². The summed E-state index contributed by atoms with van der Waals surface area (Å²) in [5, 5.41) is 5.54. The van der Waals surface area contributed by atoms with Crippen molar-refractivity contribution in [2.24, 2.45) is 0 Å². The summed E-state index contributed by atoms with van der Waals surface area (Å²) in [5.74, 6) is -0.585. The number of rotatable bonds is 11. The summed E-state index contributed by atoms with van der Waals surface area (Å²) in [6.07, 6.45) is -2.84. The molecule has 0 spiro atoms. The van der Waals surface area contributed by atoms with Crippen molar-refractivity contribution in [1.82, 2.24) is 15.6 Å². The predicted octanol–water partition coefficient (Wildman–Crippen LogP) is 7.19. The van der Waals surface area contributed by atoms with Crippen LogP contribution in [0.1, 0.15) is 62.2 Å². The van der Waals surface area contributed by atoms with Gasteiger partial charge in [-0.3, -0.25) is 9.78 Å². The number of hydrogen-bond acceptors (Lipinski definition) is 5. The number of nitrogens with zero attached hydrogens (tertiary/aromatic N) is 1. The molecule has 1 heterocycles. The Morgan fingerprint density at radius 3 is 2.36 bits per heavy atom. The van der Waals surface area contributed by atoms with Crippen LogP contribution in [0, 0.1) is 5.82 Å². The summed E-state index contributed by atoms with van der Waals surface area (Å²) in [6, 6.07) is 11.4. The molecule has 3 aromatic rings. The summed E-state index contributed by atoms with van der Waals surface area (Å²) in [5.41, 5.74) is -2.43. The zero-order valence-electron chi connectivity index (χ0n) is 24.1. The third-order valence-electron chi connectivity index (χ3n) is 7.42. The summed E-state index contributed by atoms with van der Waals surface area (Å²) >= 11 is 5.99. The molecule has 226 valence electrons. The highest BCUT2D eigenvalue weighted by atomic mass is 35.5. The third kappa shape index (κ3) is 6.81. The lowest BCUT2D eigenvalue weighted by Gasteiger charge is -2.34. The van der Waals surface area contributed by atoms with Gasteiger partial charge in [0.05, 0.1) is 29.6 Å². The molecular weight excluding hydrogens is 574 g/mol. The summed E-state index contributed by atoms with van der Waals surface area (Å²) in [6.45, 7) is 6.33. The lowest BCUT2D eigenvalue weighted by molar-refractivity contribution is -0.184. The van der Waals surface area contributed by atoms with Crippen molar-refractivity contribution in [3.05, 3.63) is 76.2 Å². The topological polar surface area (TPSA) is 72.5 Å². The quantitative estimate of drug-likeness (QED) is 0.226. The maximum absolute atomic E-state index is 14.9. The van der Waals surface area contributed by atoms with Crippen molar-refractivity contribution in [1.29, 1.82) is 0 Å². The molecule has 11 heteroatoms. The molecule has 0 aliphatic heterocycles. The Morgan fingerprint density at radius 2 is 1.76 bits per heavy atom. The van der Waals surface area contributed by atoms with Gasteiger partial charge in [-0.15, -0.1) is 0 Å². The number of hydrogen-bond donors (Lipinski definition) is 2. The van der Waals surface area contributed by atoms with Gasteiger partial charge in [-0.25, -0.2) is 4.39 Å². The Bertz CT molecular complexity index is 1460. The number of carbonyl (C=O) groups excluding carboxylic acids is 1. The Kier molecular flexibility index (Phi) is 9.08. The number of methoxy groups -OCH3 is 1. The molecule has 0 saturated heterocycles. The van der Waals surface area contributed by atoms with E-state index >= 15 is 0 Å². The molecule has 1 aliphatic carbocycles. The standard InChI is InChI=1S/C31H34ClF4N3O3/c1-6-38-29(2,3)20-15-24(18-7-11-23(33)22(32)13-18)39-27(16-20)30(4,31(34,35)36)17-37-28(40)19-8-12-25(26(14-19)41-5)42-21-9-10-21/h7-8,11-16,21,38H,6,9-10,17H2,1-5H3,(H,37,40). The lowest BCUT2D eigenvalue weighted by atomic mass is 9.82. The second-order valence-electron chi connectivity index (χ2n) is 11.1. The number of pyridine rings is 1. The van der Waals surface area contributed by atoms with Gasteiger partial charge < -0.3 is 20.1 Å². The summed E-state index contributed by atoms with van der Waals surface area (Å²) in [7, 11) is 1.43. The molecule has 1 amide bonds. The highest BCUT2D eigenvalue weighted by molar-refractivity contribution is 6.31. The highest BCUT2D eigenvalue weighted by Gasteiger charge is 2.54. The minimum atomic E-state index is -4.80. The van der Waals surface area contributed by atoms with E-state index in [0.717, 1.165) is 25.8 Å². The zero-order chi connectivity index (χ0) is 30.9. The number of alkyl halides is 3. The fourth-order valence-corrected chi connectivity index (χ4v) is 4.67. The fraction of sp³-hybridized carbons (Fsp3) is 0.419. The number of halogens is 5. The first-order valence-electron chi connectivity index (χ1n) is 13.6. The minimum absolute atomic E-state index is 0.0997. The Morgan fingerprint density at radius 1 is 1.05 bits per heavy atom. The van der Waals surface area contributed by atoms with E-state index in [2.05, 4.69) is 15.6 Å². The number of amides is 1. The van der Waals surface area contributed by atoms with E-state index < -0.39 is 35.4 Å². The molecule has 2 aromatic carbocycles. The molecular formula is C31H34ClF4N3O3. The lowest BCUT2D eigenvalue weighted by Crippen LogP contribution is -2.49. The van der Waals surface area contributed by atoms with Gasteiger partial charge in [-0.1, -0.05) is 18.5 Å². The molecule has 0 radical (unpaired) electrons. The maximum Gasteiger partial charge on any atom is 0.401 e. The summed E-state index contributed by atoms with van der Waals surface area (Å²) < 4.78 is 69.6. The first-order valence-corrected chi connectivity index (χ1v) is 14.0. The van der Waals surface area contributed by atoms with E-state index in [0.29, 0.717) is 29.2 Å². The van der Waals surface area contributed by atoms with Crippen LogP contribution in [0.2, 0.25) is 5.02 Å². The minimum Gasteiger partial charge on any atom is -0.493 e. The molecule has 0 bridgehead atoms. The van der Waals surface area contributed by atoms with E-state index in [1.165, 1.54) is 37.4 Å². The van der Waals surface area contributed by atoms with Crippen molar-refractivity contribution in [2.75, 3.05) is 20.2 Å². The maximum atomic E-state index is 14.9. The molecule has 1 aromatic heterocycles. The molecule has 1 fully saturated rings. The predicted molar refractivity (Wildman–Crippen MR) is 154 cm³/mol. The van der Waals surface area contributed by atoms with Crippen LogP contribution in [0.4, 0.5) is 17.6 Å². The molecule has 42 heavy (non-hydrogen) atoms. The second-order valence-corrected chi connectivity index (χ2v) is 11.5. The third-order valence-corrected chi connectivity index (χ3v) is 7.71. The van der Waals surface area contributed by atoms with Gasteiger partial charge >= 0.3 is 6.18 Å². The van der Waals surface area contributed by atoms with Gasteiger partial charge in [-0.2, -0.15) is 13.2 Å². The van der Waals surface area contributed by atoms with E-state index in [-0.39, 0.29) is 28.1 Å². The van der Waals surface area contributed by atoms with Crippen LogP contribution in [0.5, 0.6) is 11.5 Å². The molecule has 1 atom stereocenters. The van der Waals surface area contributed by atoms with Gasteiger partial charge in [0.25, 0.3) is 5.91 Å². The van der Waals surface area contributed by atoms with Crippen molar-refractivity contribution in [2.45, 2.75) is 63.8 Å². The Balaban J connectivity index is 1.72. The summed E-state index contributed by atoms with van der Waals surface area (Å²) in [4.78, 5) is 17.5. The van der Waals surface area contributed by atoms with Crippen LogP contribution in [-0.2, 0) is 11.0 Å².